The topological polar surface area (TPSA) is 76.7 Å². The normalized spacial score (nSPS) is 10.3. The third kappa shape index (κ3) is 6.69. The molecule has 0 saturated heterocycles. The van der Waals surface area contributed by atoms with Crippen LogP contribution < -0.4 is 15.4 Å². The van der Waals surface area contributed by atoms with Crippen LogP contribution in [0.15, 0.2) is 12.1 Å². The van der Waals surface area contributed by atoms with Crippen molar-refractivity contribution in [1.29, 1.82) is 0 Å². The number of methoxy groups -OCH3 is 1. The Labute approximate surface area is 137 Å². The maximum Gasteiger partial charge on any atom is 0.343 e. The molecule has 0 spiro atoms. The molecule has 1 aromatic carbocycles. The van der Waals surface area contributed by atoms with Gasteiger partial charge in [-0.3, -0.25) is 4.79 Å². The third-order valence-electron chi connectivity index (χ3n) is 3.27. The number of amides is 1. The van der Waals surface area contributed by atoms with Crippen LogP contribution in [0.25, 0.3) is 0 Å². The maximum absolute atomic E-state index is 11.5. The van der Waals surface area contributed by atoms with Crippen molar-refractivity contribution in [2.45, 2.75) is 33.7 Å². The van der Waals surface area contributed by atoms with Crippen LogP contribution in [0.1, 0.15) is 30.0 Å². The van der Waals surface area contributed by atoms with Crippen molar-refractivity contribution in [2.75, 3.05) is 26.8 Å². The van der Waals surface area contributed by atoms with Crippen LogP contribution in [-0.2, 0) is 20.9 Å². The number of esters is 1. The van der Waals surface area contributed by atoms with Crippen molar-refractivity contribution in [3.63, 3.8) is 0 Å². The molecule has 1 aromatic rings. The number of ether oxygens (including phenoxy) is 2. The van der Waals surface area contributed by atoms with Gasteiger partial charge in [0.25, 0.3) is 0 Å². The van der Waals surface area contributed by atoms with Gasteiger partial charge >= 0.3 is 5.97 Å². The molecule has 0 unspecified atom stereocenters. The molecule has 0 aliphatic heterocycles. The summed E-state index contributed by atoms with van der Waals surface area (Å²) >= 11 is 0. The third-order valence-corrected chi connectivity index (χ3v) is 3.27. The number of benzene rings is 1. The number of carbonyl (C=O) groups excluding carboxylic acids is 2. The lowest BCUT2D eigenvalue weighted by Gasteiger charge is -2.14. The summed E-state index contributed by atoms with van der Waals surface area (Å²) in [4.78, 5) is 22.7. The second-order valence-electron chi connectivity index (χ2n) is 5.38. The van der Waals surface area contributed by atoms with Gasteiger partial charge in [0.15, 0.2) is 6.61 Å². The molecule has 0 aliphatic rings. The van der Waals surface area contributed by atoms with Crippen molar-refractivity contribution in [3.05, 3.63) is 28.8 Å². The number of nitrogens with one attached hydrogen (secondary N) is 2. The van der Waals surface area contributed by atoms with Gasteiger partial charge in [-0.05, 0) is 37.0 Å². The first-order chi connectivity index (χ1) is 11.0. The standard InChI is InChI=1S/C17H26N2O4/c1-5-6-19-15(20)10-18-9-14-7-12(2)17(13(3)8-14)23-11-16(21)22-4/h7-8,18H,5-6,9-11H2,1-4H3,(H,19,20). The second kappa shape index (κ2) is 9.84. The van der Waals surface area contributed by atoms with Crippen LogP contribution in [0.4, 0.5) is 0 Å². The van der Waals surface area contributed by atoms with Crippen molar-refractivity contribution in [1.82, 2.24) is 10.6 Å². The highest BCUT2D eigenvalue weighted by Gasteiger charge is 2.09. The molecule has 23 heavy (non-hydrogen) atoms. The SMILES string of the molecule is CCCNC(=O)CNCc1cc(C)c(OCC(=O)OC)c(C)c1. The Morgan fingerprint density at radius 1 is 1.17 bits per heavy atom. The molecule has 0 aromatic heterocycles. The van der Waals surface area contributed by atoms with E-state index in [1.54, 1.807) is 0 Å². The van der Waals surface area contributed by atoms with Gasteiger partial charge in [-0.25, -0.2) is 4.79 Å². The molecule has 2 N–H and O–H groups in total. The molecular weight excluding hydrogens is 296 g/mol. The lowest BCUT2D eigenvalue weighted by atomic mass is 10.1. The Hall–Kier alpha value is -2.08. The fourth-order valence-electron chi connectivity index (χ4n) is 2.21. The lowest BCUT2D eigenvalue weighted by molar-refractivity contribution is -0.142. The summed E-state index contributed by atoms with van der Waals surface area (Å²) in [6.07, 6.45) is 0.928. The first-order valence-corrected chi connectivity index (χ1v) is 7.75. The Kier molecular flexibility index (Phi) is 8.11. The molecule has 1 rings (SSSR count). The van der Waals surface area contributed by atoms with Crippen LogP contribution in [-0.4, -0.2) is 38.7 Å². The average Bonchev–Trinajstić information content (AvgIpc) is 2.51. The van der Waals surface area contributed by atoms with Crippen molar-refractivity contribution in [3.8, 4) is 5.75 Å². The van der Waals surface area contributed by atoms with Crippen molar-refractivity contribution in [2.24, 2.45) is 0 Å². The number of rotatable bonds is 9. The van der Waals surface area contributed by atoms with E-state index < -0.39 is 5.97 Å². The van der Waals surface area contributed by atoms with Gasteiger partial charge in [-0.2, -0.15) is 0 Å². The van der Waals surface area contributed by atoms with E-state index in [2.05, 4.69) is 15.4 Å². The molecule has 0 fully saturated rings. The van der Waals surface area contributed by atoms with Crippen molar-refractivity contribution < 1.29 is 19.1 Å². The Balaban J connectivity index is 2.55. The smallest absolute Gasteiger partial charge is 0.343 e. The highest BCUT2D eigenvalue weighted by Crippen LogP contribution is 2.24. The Bertz CT molecular complexity index is 520. The summed E-state index contributed by atoms with van der Waals surface area (Å²) < 4.78 is 10.1. The number of aryl methyl sites for hydroxylation is 2. The second-order valence-corrected chi connectivity index (χ2v) is 5.38. The molecular formula is C17H26N2O4. The molecule has 6 nitrogen and oxygen atoms in total. The summed E-state index contributed by atoms with van der Waals surface area (Å²) in [5, 5.41) is 5.93. The molecule has 1 amide bonds. The number of hydrogen-bond acceptors (Lipinski definition) is 5. The van der Waals surface area contributed by atoms with Gasteiger partial charge in [0.1, 0.15) is 5.75 Å². The van der Waals surface area contributed by atoms with E-state index >= 15 is 0 Å². The van der Waals surface area contributed by atoms with Crippen molar-refractivity contribution >= 4 is 11.9 Å². The van der Waals surface area contributed by atoms with Crippen LogP contribution >= 0.6 is 0 Å². The number of hydrogen-bond donors (Lipinski definition) is 2. The van der Waals surface area contributed by atoms with E-state index in [9.17, 15) is 9.59 Å². The fourth-order valence-corrected chi connectivity index (χ4v) is 2.21. The summed E-state index contributed by atoms with van der Waals surface area (Å²) in [5.41, 5.74) is 2.95. The van der Waals surface area contributed by atoms with E-state index in [1.165, 1.54) is 7.11 Å². The summed E-state index contributed by atoms with van der Waals surface area (Å²) in [7, 11) is 1.33. The van der Waals surface area contributed by atoms with E-state index in [0.29, 0.717) is 25.4 Å². The zero-order valence-electron chi connectivity index (χ0n) is 14.3. The summed E-state index contributed by atoms with van der Waals surface area (Å²) in [6.45, 7) is 7.35. The first kappa shape index (κ1) is 19.0. The van der Waals surface area contributed by atoms with E-state index in [4.69, 9.17) is 4.74 Å². The van der Waals surface area contributed by atoms with Crippen LogP contribution in [0.2, 0.25) is 0 Å². The fraction of sp³-hybridized carbons (Fsp3) is 0.529. The zero-order chi connectivity index (χ0) is 17.2. The minimum atomic E-state index is -0.410. The van der Waals surface area contributed by atoms with Crippen LogP contribution in [0.5, 0.6) is 5.75 Å². The highest BCUT2D eigenvalue weighted by atomic mass is 16.6. The van der Waals surface area contributed by atoms with Gasteiger partial charge in [0.2, 0.25) is 5.91 Å². The van der Waals surface area contributed by atoms with E-state index in [1.807, 2.05) is 32.9 Å². The van der Waals surface area contributed by atoms with Crippen LogP contribution in [0, 0.1) is 13.8 Å². The highest BCUT2D eigenvalue weighted by molar-refractivity contribution is 5.77. The molecule has 0 aliphatic carbocycles. The van der Waals surface area contributed by atoms with Gasteiger partial charge < -0.3 is 20.1 Å². The molecule has 0 radical (unpaired) electrons. The monoisotopic (exact) mass is 322 g/mol. The van der Waals surface area contributed by atoms with Gasteiger partial charge in [-0.15, -0.1) is 0 Å². The molecule has 0 bridgehead atoms. The quantitative estimate of drug-likeness (QED) is 0.673. The molecule has 0 atom stereocenters. The molecule has 6 heteroatoms. The van der Waals surface area contributed by atoms with E-state index in [-0.39, 0.29) is 12.5 Å². The maximum atomic E-state index is 11.5. The predicted octanol–water partition coefficient (Wildman–Crippen LogP) is 1.47. The minimum absolute atomic E-state index is 0.00155. The largest absolute Gasteiger partial charge is 0.481 e. The van der Waals surface area contributed by atoms with Gasteiger partial charge in [0, 0.05) is 13.1 Å². The minimum Gasteiger partial charge on any atom is -0.481 e. The van der Waals surface area contributed by atoms with Crippen LogP contribution in [0.3, 0.4) is 0 Å². The molecule has 128 valence electrons. The predicted molar refractivity (Wildman–Crippen MR) is 88.4 cm³/mol. The van der Waals surface area contributed by atoms with Gasteiger partial charge in [0.05, 0.1) is 13.7 Å². The molecule has 0 heterocycles. The number of carbonyl (C=O) groups is 2. The lowest BCUT2D eigenvalue weighted by Crippen LogP contribution is -2.33. The van der Waals surface area contributed by atoms with Gasteiger partial charge in [-0.1, -0.05) is 19.1 Å². The average molecular weight is 322 g/mol. The summed E-state index contributed by atoms with van der Waals surface area (Å²) in [5.74, 6) is 0.283. The zero-order valence-corrected chi connectivity index (χ0v) is 14.3. The summed E-state index contributed by atoms with van der Waals surface area (Å²) in [6, 6.07) is 3.97. The van der Waals surface area contributed by atoms with E-state index in [0.717, 1.165) is 23.1 Å². The Morgan fingerprint density at radius 2 is 1.83 bits per heavy atom. The molecule has 0 saturated carbocycles. The Morgan fingerprint density at radius 3 is 2.39 bits per heavy atom. The first-order valence-electron chi connectivity index (χ1n) is 7.75.